The zero-order valence-corrected chi connectivity index (χ0v) is 7.14. The van der Waals surface area contributed by atoms with Crippen molar-refractivity contribution >= 4 is 11.3 Å². The van der Waals surface area contributed by atoms with Gasteiger partial charge >= 0.3 is 0 Å². The van der Waals surface area contributed by atoms with Gasteiger partial charge in [0, 0.05) is 18.1 Å². The second-order valence-electron chi connectivity index (χ2n) is 2.91. The highest BCUT2D eigenvalue weighted by Crippen LogP contribution is 2.18. The largest absolute Gasteiger partial charge is 0.779 e. The third kappa shape index (κ3) is 1.70. The van der Waals surface area contributed by atoms with Gasteiger partial charge in [-0.25, -0.2) is 0 Å². The molecule has 13 heavy (non-hydrogen) atoms. The second-order valence-corrected chi connectivity index (χ2v) is 2.91. The first-order chi connectivity index (χ1) is 6.36. The molecule has 1 nitrogen and oxygen atoms in total. The van der Waals surface area contributed by atoms with Crippen LogP contribution in [0.1, 0.15) is 5.56 Å². The van der Waals surface area contributed by atoms with E-state index >= 15 is 0 Å². The number of benzene rings is 1. The minimum absolute atomic E-state index is 0.305. The van der Waals surface area contributed by atoms with E-state index in [1.54, 1.807) is 12.5 Å². The van der Waals surface area contributed by atoms with Gasteiger partial charge < -0.3 is 5.41 Å². The number of rotatable bonds is 1. The van der Waals surface area contributed by atoms with Crippen molar-refractivity contribution in [2.45, 2.75) is 0 Å². The highest BCUT2D eigenvalue weighted by Gasteiger charge is 2.07. The molecule has 1 heteroatoms. The van der Waals surface area contributed by atoms with E-state index in [-0.39, 0.29) is 0 Å². The number of nitrogens with zero attached hydrogens (tertiary/aromatic N) is 1. The molecule has 0 atom stereocenters. The van der Waals surface area contributed by atoms with E-state index in [9.17, 15) is 0 Å². The fourth-order valence-electron chi connectivity index (χ4n) is 1.28. The number of hydrogen-bond donors (Lipinski definition) is 0. The van der Waals surface area contributed by atoms with Crippen LogP contribution >= 0.6 is 0 Å². The van der Waals surface area contributed by atoms with Crippen LogP contribution in [0.5, 0.6) is 0 Å². The van der Waals surface area contributed by atoms with E-state index in [0.29, 0.717) is 5.71 Å². The Kier molecular flexibility index (Phi) is 2.01. The quantitative estimate of drug-likeness (QED) is 0.574. The lowest BCUT2D eigenvalue weighted by Crippen LogP contribution is -1.95. The van der Waals surface area contributed by atoms with Crippen molar-refractivity contribution in [3.05, 3.63) is 66.0 Å². The molecular formula is C12H9N. The van der Waals surface area contributed by atoms with Crippen molar-refractivity contribution in [2.24, 2.45) is 0 Å². The van der Waals surface area contributed by atoms with Crippen LogP contribution in [0.2, 0.25) is 0 Å². The van der Waals surface area contributed by atoms with Gasteiger partial charge in [0.15, 0.2) is 0 Å². The maximum Gasteiger partial charge on any atom is 0.0836 e. The van der Waals surface area contributed by atoms with Gasteiger partial charge in [0.1, 0.15) is 0 Å². The Morgan fingerprint density at radius 1 is 1.00 bits per heavy atom. The standard InChI is InChI=1S/C12H9N/c13-12-8-6-11(7-9-12)10-4-2-1-3-5-10/h1-9H. The summed E-state index contributed by atoms with van der Waals surface area (Å²) < 4.78 is 0. The molecule has 0 spiro atoms. The van der Waals surface area contributed by atoms with Crippen molar-refractivity contribution in [2.75, 3.05) is 0 Å². The first kappa shape index (κ1) is 7.87. The topological polar surface area (TPSA) is 22.3 Å². The van der Waals surface area contributed by atoms with Crippen LogP contribution in [-0.2, 0) is 0 Å². The van der Waals surface area contributed by atoms with Crippen LogP contribution in [0.25, 0.3) is 11.0 Å². The Labute approximate surface area is 77.9 Å². The van der Waals surface area contributed by atoms with E-state index in [2.05, 4.69) is 0 Å². The number of hydrogen-bond acceptors (Lipinski definition) is 0. The minimum Gasteiger partial charge on any atom is -0.779 e. The molecule has 0 aromatic heterocycles. The molecule has 0 saturated carbocycles. The minimum atomic E-state index is 0.305. The van der Waals surface area contributed by atoms with Crippen LogP contribution < -0.4 is 0 Å². The van der Waals surface area contributed by atoms with Gasteiger partial charge in [-0.3, -0.25) is 0 Å². The SMILES string of the molecule is [N-]=C1C=CC(c2ccccc2)=C[CH+]1. The highest BCUT2D eigenvalue weighted by molar-refractivity contribution is 6.10. The van der Waals surface area contributed by atoms with E-state index in [1.807, 2.05) is 42.5 Å². The highest BCUT2D eigenvalue weighted by atomic mass is 14.4. The monoisotopic (exact) mass is 167 g/mol. The molecule has 0 bridgehead atoms. The first-order valence-electron chi connectivity index (χ1n) is 4.21. The average Bonchev–Trinajstić information content (AvgIpc) is 2.20. The Bertz CT molecular complexity index is 371. The zero-order chi connectivity index (χ0) is 9.10. The molecule has 1 aromatic rings. The third-order valence-electron chi connectivity index (χ3n) is 1.97. The van der Waals surface area contributed by atoms with Crippen molar-refractivity contribution in [3.63, 3.8) is 0 Å². The lowest BCUT2D eigenvalue weighted by molar-refractivity contribution is 1.60. The first-order valence-corrected chi connectivity index (χ1v) is 4.21. The summed E-state index contributed by atoms with van der Waals surface area (Å²) in [7, 11) is 0. The Balaban J connectivity index is 2.30. The summed E-state index contributed by atoms with van der Waals surface area (Å²) in [6, 6.07) is 10.1. The van der Waals surface area contributed by atoms with Crippen molar-refractivity contribution < 1.29 is 0 Å². The smallest absolute Gasteiger partial charge is 0.0836 e. The fraction of sp³-hybridized carbons (Fsp3) is 0. The maximum absolute atomic E-state index is 9.10. The van der Waals surface area contributed by atoms with Crippen LogP contribution in [0.15, 0.2) is 48.6 Å². The summed E-state index contributed by atoms with van der Waals surface area (Å²) in [6.07, 6.45) is 7.21. The van der Waals surface area contributed by atoms with E-state index < -0.39 is 0 Å². The van der Waals surface area contributed by atoms with E-state index in [1.165, 1.54) is 5.56 Å². The Morgan fingerprint density at radius 2 is 1.77 bits per heavy atom. The summed E-state index contributed by atoms with van der Waals surface area (Å²) in [4.78, 5) is 0. The second kappa shape index (κ2) is 3.31. The van der Waals surface area contributed by atoms with Crippen molar-refractivity contribution in [1.82, 2.24) is 0 Å². The predicted octanol–water partition coefficient (Wildman–Crippen LogP) is 2.85. The molecule has 0 radical (unpaired) electrons. The van der Waals surface area contributed by atoms with Gasteiger partial charge in [-0.15, -0.1) is 0 Å². The fourth-order valence-corrected chi connectivity index (χ4v) is 1.28. The van der Waals surface area contributed by atoms with Gasteiger partial charge in [0.25, 0.3) is 0 Å². The summed E-state index contributed by atoms with van der Waals surface area (Å²) >= 11 is 0. The molecule has 0 aliphatic heterocycles. The van der Waals surface area contributed by atoms with Gasteiger partial charge in [0.05, 0.1) is 17.7 Å². The van der Waals surface area contributed by atoms with Crippen molar-refractivity contribution in [1.29, 1.82) is 0 Å². The van der Waals surface area contributed by atoms with E-state index in [0.717, 1.165) is 5.57 Å². The summed E-state index contributed by atoms with van der Waals surface area (Å²) in [5, 5.41) is 9.10. The van der Waals surface area contributed by atoms with Crippen molar-refractivity contribution in [3.8, 4) is 0 Å². The molecule has 62 valence electrons. The average molecular weight is 167 g/mol. The van der Waals surface area contributed by atoms with Crippen LogP contribution in [0, 0.1) is 6.42 Å². The molecule has 0 saturated heterocycles. The lowest BCUT2D eigenvalue weighted by Gasteiger charge is -2.03. The van der Waals surface area contributed by atoms with Crippen LogP contribution in [0.3, 0.4) is 0 Å². The summed E-state index contributed by atoms with van der Waals surface area (Å²) in [5.41, 5.74) is 2.60. The molecule has 0 fully saturated rings. The molecule has 1 aliphatic rings. The zero-order valence-electron chi connectivity index (χ0n) is 7.14. The Morgan fingerprint density at radius 3 is 2.38 bits per heavy atom. The molecule has 0 heterocycles. The van der Waals surface area contributed by atoms with Gasteiger partial charge in [-0.05, 0) is 17.8 Å². The normalized spacial score (nSPS) is 15.1. The predicted molar refractivity (Wildman–Crippen MR) is 56.2 cm³/mol. The van der Waals surface area contributed by atoms with Crippen LogP contribution in [-0.4, -0.2) is 5.71 Å². The molecule has 2 rings (SSSR count). The molecular weight excluding hydrogens is 158 g/mol. The molecule has 1 aliphatic carbocycles. The number of allylic oxidation sites excluding steroid dienone is 4. The third-order valence-corrected chi connectivity index (χ3v) is 1.97. The summed E-state index contributed by atoms with van der Waals surface area (Å²) in [5.74, 6) is 0. The van der Waals surface area contributed by atoms with Gasteiger partial charge in [-0.2, -0.15) is 0 Å². The molecule has 0 unspecified atom stereocenters. The van der Waals surface area contributed by atoms with Gasteiger partial charge in [0.2, 0.25) is 0 Å². The van der Waals surface area contributed by atoms with Gasteiger partial charge in [-0.1, -0.05) is 18.2 Å². The molecule has 0 N–H and O–H groups in total. The maximum atomic E-state index is 9.10. The Hall–Kier alpha value is -1.76. The molecule has 1 aromatic carbocycles. The lowest BCUT2D eigenvalue weighted by atomic mass is 9.99. The van der Waals surface area contributed by atoms with E-state index in [4.69, 9.17) is 5.41 Å². The molecule has 0 amide bonds. The summed E-state index contributed by atoms with van der Waals surface area (Å²) in [6.45, 7) is 0. The van der Waals surface area contributed by atoms with Crippen LogP contribution in [0.4, 0.5) is 0 Å².